The summed E-state index contributed by atoms with van der Waals surface area (Å²) < 4.78 is 6.42. The first-order valence-corrected chi connectivity index (χ1v) is 10.8. The maximum atomic E-state index is 12.8. The Morgan fingerprint density at radius 2 is 1.87 bits per heavy atom. The van der Waals surface area contributed by atoms with Gasteiger partial charge in [-0.15, -0.1) is 0 Å². The first-order valence-electron chi connectivity index (χ1n) is 10.0. The van der Waals surface area contributed by atoms with E-state index in [1.54, 1.807) is 29.2 Å². The molecule has 1 saturated heterocycles. The Kier molecular flexibility index (Phi) is 5.65. The molecular formula is C24H23Cl2NO3. The molecule has 0 atom stereocenters. The summed E-state index contributed by atoms with van der Waals surface area (Å²) in [5.41, 5.74) is 3.01. The fourth-order valence-electron chi connectivity index (χ4n) is 4.10. The van der Waals surface area contributed by atoms with E-state index < -0.39 is 5.60 Å². The third-order valence-electron chi connectivity index (χ3n) is 6.13. The van der Waals surface area contributed by atoms with Crippen molar-refractivity contribution in [2.75, 3.05) is 13.1 Å². The lowest BCUT2D eigenvalue weighted by molar-refractivity contribution is -0.129. The molecule has 0 radical (unpaired) electrons. The molecular weight excluding hydrogens is 421 g/mol. The number of rotatable bonds is 2. The lowest BCUT2D eigenvalue weighted by Crippen LogP contribution is -2.52. The highest BCUT2D eigenvalue weighted by molar-refractivity contribution is 6.35. The van der Waals surface area contributed by atoms with Crippen LogP contribution in [0.5, 0.6) is 5.75 Å². The number of carbonyl (C=O) groups excluding carboxylic acids is 2. The van der Waals surface area contributed by atoms with Crippen LogP contribution in [0.2, 0.25) is 10.0 Å². The normalized spacial score (nSPS) is 17.9. The number of amides is 1. The number of hydrogen-bond donors (Lipinski definition) is 0. The number of Topliss-reactive ketones (excluding diaryl/α,β-unsaturated/α-hetero) is 1. The topological polar surface area (TPSA) is 46.6 Å². The number of ether oxygens (including phenoxy) is 1. The van der Waals surface area contributed by atoms with E-state index in [2.05, 4.69) is 0 Å². The van der Waals surface area contributed by atoms with E-state index in [4.69, 9.17) is 27.9 Å². The average molecular weight is 444 g/mol. The molecule has 2 aliphatic rings. The highest BCUT2D eigenvalue weighted by atomic mass is 35.5. The molecule has 2 heterocycles. The van der Waals surface area contributed by atoms with Gasteiger partial charge in [0.05, 0.1) is 12.0 Å². The Hall–Kier alpha value is -2.30. The van der Waals surface area contributed by atoms with Crippen LogP contribution in [0.4, 0.5) is 0 Å². The standard InChI is InChI=1S/C24H23Cl2NO3/c1-15-3-7-19-21(28)14-24(30-23(19)16(15)2)9-11-27(12-10-24)22(29)8-5-17-4-6-18(25)13-20(17)26/h3-8,13H,9-12,14H2,1-2H3/b8-5+. The second-order valence-electron chi connectivity index (χ2n) is 8.09. The predicted octanol–water partition coefficient (Wildman–Crippen LogP) is 5.65. The summed E-state index contributed by atoms with van der Waals surface area (Å²) in [5, 5.41) is 1.06. The van der Waals surface area contributed by atoms with Crippen molar-refractivity contribution in [3.8, 4) is 5.75 Å². The first kappa shape index (κ1) is 21.0. The minimum absolute atomic E-state index is 0.0783. The Morgan fingerprint density at radius 3 is 2.57 bits per heavy atom. The van der Waals surface area contributed by atoms with Crippen LogP contribution >= 0.6 is 23.2 Å². The number of halogens is 2. The van der Waals surface area contributed by atoms with Gasteiger partial charge in [-0.1, -0.05) is 35.3 Å². The Balaban J connectivity index is 1.44. The van der Waals surface area contributed by atoms with Gasteiger partial charge in [0.2, 0.25) is 5.91 Å². The number of aryl methyl sites for hydroxylation is 1. The second kappa shape index (κ2) is 8.09. The van der Waals surface area contributed by atoms with Gasteiger partial charge in [0, 0.05) is 42.1 Å². The van der Waals surface area contributed by atoms with Crippen molar-refractivity contribution in [2.45, 2.75) is 38.7 Å². The van der Waals surface area contributed by atoms with E-state index in [0.29, 0.717) is 53.7 Å². The molecule has 4 rings (SSSR count). The van der Waals surface area contributed by atoms with Gasteiger partial charge >= 0.3 is 0 Å². The van der Waals surface area contributed by atoms with Gasteiger partial charge in [0.1, 0.15) is 11.4 Å². The Labute approximate surface area is 186 Å². The summed E-state index contributed by atoms with van der Waals surface area (Å²) in [6.45, 7) is 5.10. The smallest absolute Gasteiger partial charge is 0.246 e. The van der Waals surface area contributed by atoms with E-state index in [-0.39, 0.29) is 11.7 Å². The van der Waals surface area contributed by atoms with Gasteiger partial charge < -0.3 is 9.64 Å². The van der Waals surface area contributed by atoms with Gasteiger partial charge in [-0.05, 0) is 54.8 Å². The molecule has 156 valence electrons. The highest BCUT2D eigenvalue weighted by Crippen LogP contribution is 2.41. The molecule has 0 unspecified atom stereocenters. The number of nitrogens with zero attached hydrogens (tertiary/aromatic N) is 1. The lowest BCUT2D eigenvalue weighted by atomic mass is 9.81. The Morgan fingerprint density at radius 1 is 1.13 bits per heavy atom. The maximum Gasteiger partial charge on any atom is 0.246 e. The average Bonchev–Trinajstić information content (AvgIpc) is 2.71. The summed E-state index contributed by atoms with van der Waals surface area (Å²) >= 11 is 12.1. The van der Waals surface area contributed by atoms with Gasteiger partial charge in [-0.3, -0.25) is 9.59 Å². The van der Waals surface area contributed by atoms with Gasteiger partial charge in [0.15, 0.2) is 5.78 Å². The van der Waals surface area contributed by atoms with Gasteiger partial charge in [-0.25, -0.2) is 0 Å². The van der Waals surface area contributed by atoms with Gasteiger partial charge in [-0.2, -0.15) is 0 Å². The third kappa shape index (κ3) is 3.99. The SMILES string of the molecule is Cc1ccc2c(c1C)OC1(CCN(C(=O)/C=C/c3ccc(Cl)cc3Cl)CC1)CC2=O. The number of ketones is 1. The van der Waals surface area contributed by atoms with Crippen LogP contribution in [0.3, 0.4) is 0 Å². The van der Waals surface area contributed by atoms with Crippen LogP contribution in [-0.2, 0) is 4.79 Å². The summed E-state index contributed by atoms with van der Waals surface area (Å²) in [5.74, 6) is 0.755. The molecule has 2 aromatic rings. The van der Waals surface area contributed by atoms with E-state index >= 15 is 0 Å². The van der Waals surface area contributed by atoms with Crippen molar-refractivity contribution in [3.63, 3.8) is 0 Å². The summed E-state index contributed by atoms with van der Waals surface area (Å²) in [7, 11) is 0. The second-order valence-corrected chi connectivity index (χ2v) is 8.94. The van der Waals surface area contributed by atoms with E-state index in [1.165, 1.54) is 6.08 Å². The monoisotopic (exact) mass is 443 g/mol. The number of piperidine rings is 1. The molecule has 2 aromatic carbocycles. The van der Waals surface area contributed by atoms with Crippen LogP contribution in [0, 0.1) is 13.8 Å². The zero-order valence-electron chi connectivity index (χ0n) is 17.0. The molecule has 1 amide bonds. The van der Waals surface area contributed by atoms with E-state index in [1.807, 2.05) is 26.0 Å². The van der Waals surface area contributed by atoms with Crippen LogP contribution < -0.4 is 4.74 Å². The van der Waals surface area contributed by atoms with Crippen molar-refractivity contribution in [1.29, 1.82) is 0 Å². The molecule has 4 nitrogen and oxygen atoms in total. The fraction of sp³-hybridized carbons (Fsp3) is 0.333. The number of hydrogen-bond acceptors (Lipinski definition) is 3. The van der Waals surface area contributed by atoms with Crippen LogP contribution in [0.1, 0.15) is 46.3 Å². The summed E-state index contributed by atoms with van der Waals surface area (Å²) in [6, 6.07) is 8.99. The van der Waals surface area contributed by atoms with Crippen molar-refractivity contribution in [2.24, 2.45) is 0 Å². The van der Waals surface area contributed by atoms with Crippen molar-refractivity contribution < 1.29 is 14.3 Å². The Bertz CT molecular complexity index is 1050. The summed E-state index contributed by atoms with van der Waals surface area (Å²) in [4.78, 5) is 27.2. The first-order chi connectivity index (χ1) is 14.3. The number of carbonyl (C=O) groups is 2. The molecule has 2 aliphatic heterocycles. The molecule has 0 bridgehead atoms. The van der Waals surface area contributed by atoms with Crippen molar-refractivity contribution in [3.05, 3.63) is 68.7 Å². The lowest BCUT2D eigenvalue weighted by Gasteiger charge is -2.44. The van der Waals surface area contributed by atoms with Crippen LogP contribution in [0.25, 0.3) is 6.08 Å². The third-order valence-corrected chi connectivity index (χ3v) is 6.70. The molecule has 30 heavy (non-hydrogen) atoms. The predicted molar refractivity (Wildman–Crippen MR) is 120 cm³/mol. The quantitative estimate of drug-likeness (QED) is 0.563. The van der Waals surface area contributed by atoms with Crippen molar-refractivity contribution in [1.82, 2.24) is 4.90 Å². The number of likely N-dealkylation sites (tertiary alicyclic amines) is 1. The van der Waals surface area contributed by atoms with E-state index in [9.17, 15) is 9.59 Å². The highest BCUT2D eigenvalue weighted by Gasteiger charge is 2.44. The largest absolute Gasteiger partial charge is 0.486 e. The minimum Gasteiger partial charge on any atom is -0.486 e. The molecule has 1 spiro atoms. The molecule has 0 aromatic heterocycles. The number of fused-ring (bicyclic) bond motifs is 1. The van der Waals surface area contributed by atoms with Crippen LogP contribution in [-0.4, -0.2) is 35.3 Å². The molecule has 0 aliphatic carbocycles. The zero-order chi connectivity index (χ0) is 21.5. The van der Waals surface area contributed by atoms with E-state index in [0.717, 1.165) is 16.7 Å². The fourth-order valence-corrected chi connectivity index (χ4v) is 4.57. The minimum atomic E-state index is -0.525. The zero-order valence-corrected chi connectivity index (χ0v) is 18.5. The molecule has 1 fully saturated rings. The molecule has 0 saturated carbocycles. The molecule has 6 heteroatoms. The van der Waals surface area contributed by atoms with Gasteiger partial charge in [0.25, 0.3) is 0 Å². The van der Waals surface area contributed by atoms with Crippen molar-refractivity contribution >= 4 is 41.0 Å². The maximum absolute atomic E-state index is 12.8. The number of benzene rings is 2. The van der Waals surface area contributed by atoms with Crippen LogP contribution in [0.15, 0.2) is 36.4 Å². The molecule has 0 N–H and O–H groups in total. The summed E-state index contributed by atoms with van der Waals surface area (Å²) in [6.07, 6.45) is 4.86.